The van der Waals surface area contributed by atoms with Crippen LogP contribution in [0.5, 0.6) is 5.75 Å². The van der Waals surface area contributed by atoms with Crippen LogP contribution in [0, 0.1) is 6.92 Å². The number of benzene rings is 2. The number of nitrogens with zero attached hydrogens (tertiary/aromatic N) is 1. The Morgan fingerprint density at radius 3 is 2.62 bits per heavy atom. The van der Waals surface area contributed by atoms with Crippen molar-refractivity contribution < 1.29 is 32.2 Å². The van der Waals surface area contributed by atoms with E-state index in [4.69, 9.17) is 14.2 Å². The van der Waals surface area contributed by atoms with Crippen molar-refractivity contribution in [2.45, 2.75) is 49.3 Å². The van der Waals surface area contributed by atoms with Crippen molar-refractivity contribution in [1.82, 2.24) is 4.90 Å². The average molecular weight is 489 g/mol. The molecule has 2 aliphatic rings. The lowest BCUT2D eigenvalue weighted by molar-refractivity contribution is -0.151. The topological polar surface area (TPSA) is 111 Å². The molecule has 2 aliphatic heterocycles. The van der Waals surface area contributed by atoms with Crippen LogP contribution in [-0.2, 0) is 24.3 Å². The number of ether oxygens (including phenoxy) is 3. The van der Waals surface area contributed by atoms with E-state index >= 15 is 0 Å². The molecular formula is C24H28N2O7S. The fraction of sp³-hybridized carbons (Fsp3) is 0.417. The number of carbonyl (C=O) groups excluding carboxylic acids is 2. The summed E-state index contributed by atoms with van der Waals surface area (Å²) in [5, 5.41) is 0. The van der Waals surface area contributed by atoms with Gasteiger partial charge in [-0.15, -0.1) is 0 Å². The maximum atomic E-state index is 13.3. The summed E-state index contributed by atoms with van der Waals surface area (Å²) in [6, 6.07) is 10.9. The molecule has 1 saturated heterocycles. The lowest BCUT2D eigenvalue weighted by Gasteiger charge is -2.42. The number of anilines is 1. The fourth-order valence-corrected chi connectivity index (χ4v) is 5.34. The highest BCUT2D eigenvalue weighted by Crippen LogP contribution is 2.33. The number of amides is 1. The second-order valence-corrected chi connectivity index (χ2v) is 10.3. The van der Waals surface area contributed by atoms with E-state index in [-0.39, 0.29) is 53.2 Å². The third kappa shape index (κ3) is 5.02. The van der Waals surface area contributed by atoms with E-state index in [0.717, 1.165) is 5.56 Å². The Morgan fingerprint density at radius 2 is 1.91 bits per heavy atom. The minimum atomic E-state index is -3.81. The molecule has 9 nitrogen and oxygen atoms in total. The molecule has 0 saturated carbocycles. The molecule has 10 heteroatoms. The maximum absolute atomic E-state index is 13.3. The van der Waals surface area contributed by atoms with Crippen molar-refractivity contribution in [3.8, 4) is 5.75 Å². The highest BCUT2D eigenvalue weighted by Gasteiger charge is 2.39. The normalized spacial score (nSPS) is 22.5. The van der Waals surface area contributed by atoms with Crippen LogP contribution < -0.4 is 9.46 Å². The third-order valence-corrected chi connectivity index (χ3v) is 7.61. The highest BCUT2D eigenvalue weighted by molar-refractivity contribution is 7.92. The minimum absolute atomic E-state index is 0.133. The molecule has 0 aliphatic carbocycles. The Morgan fingerprint density at radius 1 is 1.18 bits per heavy atom. The van der Waals surface area contributed by atoms with Crippen molar-refractivity contribution in [2.75, 3.05) is 25.5 Å². The summed E-state index contributed by atoms with van der Waals surface area (Å²) in [6.07, 6.45) is 0.714. The lowest BCUT2D eigenvalue weighted by atomic mass is 9.94. The first-order valence-electron chi connectivity index (χ1n) is 11.0. The molecule has 3 atom stereocenters. The summed E-state index contributed by atoms with van der Waals surface area (Å²) >= 11 is 0. The van der Waals surface area contributed by atoms with Gasteiger partial charge < -0.3 is 19.1 Å². The summed E-state index contributed by atoms with van der Waals surface area (Å²) in [4.78, 5) is 26.7. The van der Waals surface area contributed by atoms with Crippen molar-refractivity contribution in [3.05, 3.63) is 53.6 Å². The van der Waals surface area contributed by atoms with Gasteiger partial charge in [0.15, 0.2) is 0 Å². The summed E-state index contributed by atoms with van der Waals surface area (Å²) in [5.74, 6) is -0.297. The number of esters is 1. The SMILES string of the molecule is COC(=O)C[C@H]1CC[C@@H]2[C@@H](COc3ccc(NS(=O)(=O)c4ccc(C)cc4)cc3C(=O)N2C)O1. The van der Waals surface area contributed by atoms with Gasteiger partial charge in [-0.1, -0.05) is 17.7 Å². The number of hydrogen-bond acceptors (Lipinski definition) is 7. The molecule has 0 radical (unpaired) electrons. The monoisotopic (exact) mass is 488 g/mol. The summed E-state index contributed by atoms with van der Waals surface area (Å²) in [7, 11) is -0.779. The van der Waals surface area contributed by atoms with Crippen LogP contribution in [0.15, 0.2) is 47.4 Å². The summed E-state index contributed by atoms with van der Waals surface area (Å²) in [5.41, 5.74) is 1.48. The van der Waals surface area contributed by atoms with Gasteiger partial charge in [0.1, 0.15) is 18.5 Å². The number of nitrogens with one attached hydrogen (secondary N) is 1. The van der Waals surface area contributed by atoms with E-state index in [1.807, 2.05) is 6.92 Å². The molecule has 34 heavy (non-hydrogen) atoms. The van der Waals surface area contributed by atoms with Gasteiger partial charge >= 0.3 is 5.97 Å². The molecular weight excluding hydrogens is 460 g/mol. The molecule has 0 bridgehead atoms. The van der Waals surface area contributed by atoms with Crippen LogP contribution in [0.25, 0.3) is 0 Å². The van der Waals surface area contributed by atoms with Gasteiger partial charge in [0.2, 0.25) is 0 Å². The number of rotatable bonds is 5. The predicted octanol–water partition coefficient (Wildman–Crippen LogP) is 2.74. The first-order chi connectivity index (χ1) is 16.2. The van der Waals surface area contributed by atoms with E-state index in [9.17, 15) is 18.0 Å². The zero-order chi connectivity index (χ0) is 24.5. The van der Waals surface area contributed by atoms with E-state index in [1.54, 1.807) is 36.2 Å². The van der Waals surface area contributed by atoms with Crippen LogP contribution in [0.4, 0.5) is 5.69 Å². The van der Waals surface area contributed by atoms with E-state index in [2.05, 4.69) is 4.72 Å². The van der Waals surface area contributed by atoms with Gasteiger partial charge in [0.05, 0.1) is 36.1 Å². The molecule has 2 aromatic rings. The van der Waals surface area contributed by atoms with Crippen LogP contribution >= 0.6 is 0 Å². The van der Waals surface area contributed by atoms with Crippen molar-refractivity contribution in [2.24, 2.45) is 0 Å². The molecule has 2 heterocycles. The molecule has 1 N–H and O–H groups in total. The zero-order valence-corrected chi connectivity index (χ0v) is 20.1. The van der Waals surface area contributed by atoms with Gasteiger partial charge in [-0.25, -0.2) is 8.42 Å². The smallest absolute Gasteiger partial charge is 0.308 e. The fourth-order valence-electron chi connectivity index (χ4n) is 4.29. The number of hydrogen-bond donors (Lipinski definition) is 1. The zero-order valence-electron chi connectivity index (χ0n) is 19.3. The number of fused-ring (bicyclic) bond motifs is 2. The minimum Gasteiger partial charge on any atom is -0.490 e. The Balaban J connectivity index is 1.55. The second-order valence-electron chi connectivity index (χ2n) is 8.58. The second kappa shape index (κ2) is 9.63. The van der Waals surface area contributed by atoms with Gasteiger partial charge in [-0.05, 0) is 50.1 Å². The Hall–Kier alpha value is -3.11. The first-order valence-corrected chi connectivity index (χ1v) is 12.5. The highest BCUT2D eigenvalue weighted by atomic mass is 32.2. The first kappa shape index (κ1) is 24.0. The van der Waals surface area contributed by atoms with E-state index < -0.39 is 16.1 Å². The molecule has 1 fully saturated rings. The van der Waals surface area contributed by atoms with E-state index in [0.29, 0.717) is 18.6 Å². The molecule has 182 valence electrons. The van der Waals surface area contributed by atoms with Gasteiger partial charge in [-0.2, -0.15) is 0 Å². The van der Waals surface area contributed by atoms with Gasteiger partial charge in [0.25, 0.3) is 15.9 Å². The molecule has 0 unspecified atom stereocenters. The molecule has 0 aromatic heterocycles. The Kier molecular flexibility index (Phi) is 6.81. The van der Waals surface area contributed by atoms with Crippen LogP contribution in [0.1, 0.15) is 35.2 Å². The molecule has 2 aromatic carbocycles. The number of aryl methyl sites for hydroxylation is 1. The molecule has 4 rings (SSSR count). The molecule has 0 spiro atoms. The number of likely N-dealkylation sites (N-methyl/N-ethyl adjacent to an activating group) is 1. The van der Waals surface area contributed by atoms with Crippen LogP contribution in [0.2, 0.25) is 0 Å². The largest absolute Gasteiger partial charge is 0.490 e. The van der Waals surface area contributed by atoms with Gasteiger partial charge in [0, 0.05) is 12.7 Å². The quantitative estimate of drug-likeness (QED) is 0.644. The Labute approximate surface area is 199 Å². The maximum Gasteiger partial charge on any atom is 0.308 e. The summed E-state index contributed by atoms with van der Waals surface area (Å²) < 4.78 is 44.8. The third-order valence-electron chi connectivity index (χ3n) is 6.22. The van der Waals surface area contributed by atoms with Crippen LogP contribution in [0.3, 0.4) is 0 Å². The molecule has 1 amide bonds. The van der Waals surface area contributed by atoms with E-state index in [1.165, 1.54) is 25.3 Å². The standard InChI is InChI=1S/C24H28N2O7S/c1-15-4-8-18(9-5-15)34(29,30)25-16-6-11-21-19(12-16)24(28)26(2)20-10-7-17(13-23(27)31-3)33-22(20)14-32-21/h4-6,8-9,11-12,17,20,22,25H,7,10,13-14H2,1-3H3/t17-,20-,22-/m1/s1. The number of sulfonamides is 1. The summed E-state index contributed by atoms with van der Waals surface area (Å²) in [6.45, 7) is 2.07. The Bertz CT molecular complexity index is 1180. The van der Waals surface area contributed by atoms with Crippen molar-refractivity contribution in [1.29, 1.82) is 0 Å². The average Bonchev–Trinajstić information content (AvgIpc) is 2.81. The van der Waals surface area contributed by atoms with Crippen molar-refractivity contribution in [3.63, 3.8) is 0 Å². The number of carbonyl (C=O) groups is 2. The predicted molar refractivity (Wildman–Crippen MR) is 124 cm³/mol. The van der Waals surface area contributed by atoms with Gasteiger partial charge in [-0.3, -0.25) is 14.3 Å². The van der Waals surface area contributed by atoms with Crippen molar-refractivity contribution >= 4 is 27.6 Å². The number of methoxy groups -OCH3 is 1. The van der Waals surface area contributed by atoms with Crippen LogP contribution in [-0.4, -0.2) is 64.2 Å². The lowest BCUT2D eigenvalue weighted by Crippen LogP contribution is -2.53.